The number of amides is 1. The topological polar surface area (TPSA) is 44.7 Å². The van der Waals surface area contributed by atoms with Crippen molar-refractivity contribution in [1.82, 2.24) is 5.43 Å². The highest BCUT2D eigenvalue weighted by Crippen LogP contribution is 2.40. The Kier molecular flexibility index (Phi) is 5.61. The monoisotopic (exact) mass is 395 g/mol. The Bertz CT molecular complexity index is 943. The summed E-state index contributed by atoms with van der Waals surface area (Å²) >= 11 is 5.85. The van der Waals surface area contributed by atoms with Crippen molar-refractivity contribution in [2.45, 2.75) is 46.2 Å². The first-order valence-electron chi connectivity index (χ1n) is 9.41. The largest absolute Gasteiger partial charge is 0.360 e. The number of rotatable bonds is 4. The fourth-order valence-electron chi connectivity index (χ4n) is 3.92. The van der Waals surface area contributed by atoms with Crippen LogP contribution in [0.2, 0.25) is 5.02 Å². The molecule has 0 atom stereocenters. The van der Waals surface area contributed by atoms with Crippen LogP contribution in [-0.4, -0.2) is 23.7 Å². The fraction of sp³-hybridized carbons (Fsp3) is 0.304. The lowest BCUT2D eigenvalue weighted by molar-refractivity contribution is 0.0955. The van der Waals surface area contributed by atoms with Gasteiger partial charge < -0.3 is 4.90 Å². The SMILES string of the molecule is CC1=CC(C)(C)N(C(C)C)c2ccc(/C=N/NC(=O)c3ccc(Cl)cc3)cc21. The smallest absolute Gasteiger partial charge is 0.271 e. The van der Waals surface area contributed by atoms with Gasteiger partial charge in [0.25, 0.3) is 5.91 Å². The van der Waals surface area contributed by atoms with Crippen LogP contribution >= 0.6 is 11.6 Å². The van der Waals surface area contributed by atoms with Crippen molar-refractivity contribution in [2.24, 2.45) is 5.10 Å². The van der Waals surface area contributed by atoms with Gasteiger partial charge in [-0.2, -0.15) is 5.10 Å². The van der Waals surface area contributed by atoms with Crippen LogP contribution in [-0.2, 0) is 0 Å². The Hall–Kier alpha value is -2.59. The number of nitrogens with one attached hydrogen (secondary N) is 1. The van der Waals surface area contributed by atoms with E-state index in [1.54, 1.807) is 30.5 Å². The van der Waals surface area contributed by atoms with Crippen molar-refractivity contribution >= 4 is 35.0 Å². The first-order chi connectivity index (χ1) is 13.2. The molecule has 0 radical (unpaired) electrons. The van der Waals surface area contributed by atoms with Crippen LogP contribution in [0.3, 0.4) is 0 Å². The lowest BCUT2D eigenvalue weighted by atomic mass is 9.87. The van der Waals surface area contributed by atoms with E-state index in [0.29, 0.717) is 16.6 Å². The molecule has 4 nitrogen and oxygen atoms in total. The van der Waals surface area contributed by atoms with E-state index < -0.39 is 0 Å². The highest BCUT2D eigenvalue weighted by molar-refractivity contribution is 6.30. The van der Waals surface area contributed by atoms with E-state index in [-0.39, 0.29) is 11.4 Å². The van der Waals surface area contributed by atoms with Gasteiger partial charge in [0, 0.05) is 27.9 Å². The lowest BCUT2D eigenvalue weighted by Crippen LogP contribution is -2.49. The summed E-state index contributed by atoms with van der Waals surface area (Å²) in [6.07, 6.45) is 3.97. The summed E-state index contributed by atoms with van der Waals surface area (Å²) in [5, 5.41) is 4.70. The zero-order valence-electron chi connectivity index (χ0n) is 17.0. The van der Waals surface area contributed by atoms with Crippen molar-refractivity contribution < 1.29 is 4.79 Å². The second kappa shape index (κ2) is 7.80. The first-order valence-corrected chi connectivity index (χ1v) is 9.79. The molecule has 0 unspecified atom stereocenters. The summed E-state index contributed by atoms with van der Waals surface area (Å²) in [7, 11) is 0. The molecule has 0 spiro atoms. The minimum Gasteiger partial charge on any atom is -0.360 e. The van der Waals surface area contributed by atoms with Crippen molar-refractivity contribution in [2.75, 3.05) is 4.90 Å². The van der Waals surface area contributed by atoms with Gasteiger partial charge in [-0.3, -0.25) is 4.79 Å². The third-order valence-electron chi connectivity index (χ3n) is 4.90. The highest BCUT2D eigenvalue weighted by Gasteiger charge is 2.32. The van der Waals surface area contributed by atoms with Crippen LogP contribution in [0.1, 0.15) is 56.1 Å². The van der Waals surface area contributed by atoms with Gasteiger partial charge in [0.05, 0.1) is 11.8 Å². The molecule has 0 saturated carbocycles. The van der Waals surface area contributed by atoms with Gasteiger partial charge in [-0.05, 0) is 82.2 Å². The second-order valence-corrected chi connectivity index (χ2v) is 8.36. The third-order valence-corrected chi connectivity index (χ3v) is 5.15. The van der Waals surface area contributed by atoms with Crippen molar-refractivity contribution in [1.29, 1.82) is 0 Å². The number of hydrogen-bond acceptors (Lipinski definition) is 3. The normalized spacial score (nSPS) is 15.5. The van der Waals surface area contributed by atoms with E-state index in [0.717, 1.165) is 5.56 Å². The molecule has 0 saturated heterocycles. The zero-order chi connectivity index (χ0) is 20.5. The average molecular weight is 396 g/mol. The number of hydrazone groups is 1. The number of anilines is 1. The number of allylic oxidation sites excluding steroid dienone is 1. The first kappa shape index (κ1) is 20.2. The maximum atomic E-state index is 12.1. The average Bonchev–Trinajstić information content (AvgIpc) is 2.61. The van der Waals surface area contributed by atoms with Gasteiger partial charge in [0.2, 0.25) is 0 Å². The maximum Gasteiger partial charge on any atom is 0.271 e. The number of carbonyl (C=O) groups excluding carboxylic acids is 1. The minimum absolute atomic E-state index is 0.0343. The highest BCUT2D eigenvalue weighted by atomic mass is 35.5. The number of benzene rings is 2. The van der Waals surface area contributed by atoms with E-state index in [1.807, 2.05) is 6.07 Å². The summed E-state index contributed by atoms with van der Waals surface area (Å²) < 4.78 is 0. The molecule has 3 rings (SSSR count). The van der Waals surface area contributed by atoms with Crippen LogP contribution in [0.25, 0.3) is 5.57 Å². The molecule has 1 aliphatic heterocycles. The zero-order valence-corrected chi connectivity index (χ0v) is 17.7. The van der Waals surface area contributed by atoms with Gasteiger partial charge in [0.1, 0.15) is 0 Å². The van der Waals surface area contributed by atoms with Crippen molar-refractivity contribution in [3.05, 3.63) is 70.3 Å². The second-order valence-electron chi connectivity index (χ2n) is 7.93. The Morgan fingerprint density at radius 2 is 1.86 bits per heavy atom. The number of fused-ring (bicyclic) bond motifs is 1. The van der Waals surface area contributed by atoms with Crippen LogP contribution in [0.4, 0.5) is 5.69 Å². The molecular weight excluding hydrogens is 370 g/mol. The van der Waals surface area contributed by atoms with E-state index >= 15 is 0 Å². The number of hydrogen-bond donors (Lipinski definition) is 1. The van der Waals surface area contributed by atoms with E-state index in [2.05, 4.69) is 68.3 Å². The molecule has 0 bridgehead atoms. The number of carbonyl (C=O) groups is 1. The molecule has 1 N–H and O–H groups in total. The van der Waals surface area contributed by atoms with E-state index in [4.69, 9.17) is 11.6 Å². The molecule has 28 heavy (non-hydrogen) atoms. The van der Waals surface area contributed by atoms with Crippen LogP contribution in [0.15, 0.2) is 53.6 Å². The molecule has 0 fully saturated rings. The molecule has 0 aromatic heterocycles. The Balaban J connectivity index is 1.80. The minimum atomic E-state index is -0.269. The molecule has 1 heterocycles. The summed E-state index contributed by atoms with van der Waals surface area (Å²) in [4.78, 5) is 14.6. The van der Waals surface area contributed by atoms with Crippen LogP contribution < -0.4 is 10.3 Å². The number of halogens is 1. The summed E-state index contributed by atoms with van der Waals surface area (Å²) in [5.74, 6) is -0.269. The van der Waals surface area contributed by atoms with Gasteiger partial charge in [-0.25, -0.2) is 5.43 Å². The number of nitrogens with zero attached hydrogens (tertiary/aromatic N) is 2. The predicted octanol–water partition coefficient (Wildman–Crippen LogP) is 5.51. The van der Waals surface area contributed by atoms with E-state index in [9.17, 15) is 4.79 Å². The van der Waals surface area contributed by atoms with Gasteiger partial charge >= 0.3 is 0 Å². The lowest BCUT2D eigenvalue weighted by Gasteiger charge is -2.46. The molecule has 2 aromatic rings. The molecule has 1 aliphatic rings. The Morgan fingerprint density at radius 1 is 1.18 bits per heavy atom. The maximum absolute atomic E-state index is 12.1. The van der Waals surface area contributed by atoms with Crippen molar-refractivity contribution in [3.8, 4) is 0 Å². The van der Waals surface area contributed by atoms with Gasteiger partial charge in [-0.1, -0.05) is 23.7 Å². The Morgan fingerprint density at radius 3 is 2.50 bits per heavy atom. The summed E-state index contributed by atoms with van der Waals surface area (Å²) in [6, 6.07) is 13.4. The van der Waals surface area contributed by atoms with Crippen molar-refractivity contribution in [3.63, 3.8) is 0 Å². The molecule has 0 aliphatic carbocycles. The molecule has 2 aromatic carbocycles. The summed E-state index contributed by atoms with van der Waals surface area (Å²) in [6.45, 7) is 11.0. The third kappa shape index (κ3) is 4.12. The standard InChI is InChI=1S/C23H26ClN3O/c1-15(2)27-21-11-6-17(12-20(21)16(3)13-23(27,4)5)14-25-26-22(28)18-7-9-19(24)10-8-18/h6-15H,1-5H3,(H,26,28)/b25-14+. The Labute approximate surface area is 171 Å². The quantitative estimate of drug-likeness (QED) is 0.547. The molecule has 5 heteroatoms. The van der Waals surface area contributed by atoms with E-state index in [1.165, 1.54) is 16.8 Å². The van der Waals surface area contributed by atoms with Gasteiger partial charge in [0.15, 0.2) is 0 Å². The predicted molar refractivity (Wildman–Crippen MR) is 118 cm³/mol. The molecule has 146 valence electrons. The van der Waals surface area contributed by atoms with Gasteiger partial charge in [-0.15, -0.1) is 0 Å². The fourth-order valence-corrected chi connectivity index (χ4v) is 4.05. The molecule has 1 amide bonds. The van der Waals surface area contributed by atoms with Crippen LogP contribution in [0.5, 0.6) is 0 Å². The molecular formula is C23H26ClN3O. The summed E-state index contributed by atoms with van der Waals surface area (Å²) in [5.41, 5.74) is 7.64. The van der Waals surface area contributed by atoms with Crippen LogP contribution in [0, 0.1) is 0 Å².